The maximum atomic E-state index is 13.1. The SMILES string of the molecule is CC(C)[C@]1(CBr)CC(C(=O)c2ccccc2)=C(c2ccccc2)O1. The molecule has 0 spiro atoms. The van der Waals surface area contributed by atoms with Crippen molar-refractivity contribution in [1.82, 2.24) is 0 Å². The Morgan fingerprint density at radius 2 is 1.67 bits per heavy atom. The number of Topliss-reactive ketones (excluding diaryl/α,β-unsaturated/α-hetero) is 1. The van der Waals surface area contributed by atoms with Gasteiger partial charge >= 0.3 is 0 Å². The average Bonchev–Trinajstić information content (AvgIpc) is 3.04. The van der Waals surface area contributed by atoms with Gasteiger partial charge in [0.15, 0.2) is 5.78 Å². The van der Waals surface area contributed by atoms with Crippen molar-refractivity contribution in [2.75, 3.05) is 5.33 Å². The fourth-order valence-corrected chi connectivity index (χ4v) is 3.96. The molecule has 3 rings (SSSR count). The molecular formula is C21H21BrO2. The molecule has 0 aromatic heterocycles. The number of benzene rings is 2. The number of rotatable bonds is 5. The summed E-state index contributed by atoms with van der Waals surface area (Å²) in [6, 6.07) is 19.3. The summed E-state index contributed by atoms with van der Waals surface area (Å²) < 4.78 is 6.41. The van der Waals surface area contributed by atoms with E-state index < -0.39 is 0 Å². The molecule has 1 atom stereocenters. The van der Waals surface area contributed by atoms with E-state index in [0.29, 0.717) is 17.3 Å². The normalized spacial score (nSPS) is 20.3. The van der Waals surface area contributed by atoms with Gasteiger partial charge in [-0.05, 0) is 5.92 Å². The highest BCUT2D eigenvalue weighted by atomic mass is 79.9. The molecule has 2 aromatic carbocycles. The summed E-state index contributed by atoms with van der Waals surface area (Å²) >= 11 is 3.60. The average molecular weight is 385 g/mol. The lowest BCUT2D eigenvalue weighted by Crippen LogP contribution is -2.37. The first-order valence-corrected chi connectivity index (χ1v) is 9.33. The maximum Gasteiger partial charge on any atom is 0.192 e. The fraction of sp³-hybridized carbons (Fsp3) is 0.286. The van der Waals surface area contributed by atoms with Gasteiger partial charge in [0, 0.05) is 28.5 Å². The number of alkyl halides is 1. The molecule has 2 nitrogen and oxygen atoms in total. The standard InChI is InChI=1S/C21H21BrO2/c1-15(2)21(14-22)13-18(19(23)16-9-5-3-6-10-16)20(24-21)17-11-7-4-8-12-17/h3-12,15H,13-14H2,1-2H3/t21-/m1/s1. The molecule has 124 valence electrons. The Morgan fingerprint density at radius 3 is 2.21 bits per heavy atom. The molecule has 0 bridgehead atoms. The third kappa shape index (κ3) is 3.05. The number of ether oxygens (including phenoxy) is 1. The van der Waals surface area contributed by atoms with E-state index in [-0.39, 0.29) is 17.3 Å². The number of halogens is 1. The van der Waals surface area contributed by atoms with Crippen molar-refractivity contribution in [3.8, 4) is 0 Å². The van der Waals surface area contributed by atoms with Crippen molar-refractivity contribution >= 4 is 27.5 Å². The highest BCUT2D eigenvalue weighted by molar-refractivity contribution is 9.09. The minimum Gasteiger partial charge on any atom is -0.485 e. The molecule has 1 aliphatic heterocycles. The summed E-state index contributed by atoms with van der Waals surface area (Å²) in [5, 5.41) is 0.694. The largest absolute Gasteiger partial charge is 0.485 e. The lowest BCUT2D eigenvalue weighted by atomic mass is 9.85. The molecule has 2 aromatic rings. The quantitative estimate of drug-likeness (QED) is 0.503. The minimum absolute atomic E-state index is 0.0536. The van der Waals surface area contributed by atoms with Crippen molar-refractivity contribution in [2.24, 2.45) is 5.92 Å². The second-order valence-corrected chi connectivity index (χ2v) is 7.06. The molecule has 1 heterocycles. The number of carbonyl (C=O) groups is 1. The molecule has 24 heavy (non-hydrogen) atoms. The van der Waals surface area contributed by atoms with E-state index in [1.54, 1.807) is 0 Å². The minimum atomic E-state index is -0.384. The van der Waals surface area contributed by atoms with Crippen molar-refractivity contribution < 1.29 is 9.53 Å². The van der Waals surface area contributed by atoms with Gasteiger partial charge in [0.2, 0.25) is 0 Å². The Morgan fingerprint density at radius 1 is 1.08 bits per heavy atom. The van der Waals surface area contributed by atoms with Crippen LogP contribution in [0.25, 0.3) is 5.76 Å². The molecule has 0 amide bonds. The van der Waals surface area contributed by atoms with Crippen molar-refractivity contribution in [3.63, 3.8) is 0 Å². The van der Waals surface area contributed by atoms with Gasteiger partial charge in [-0.25, -0.2) is 0 Å². The van der Waals surface area contributed by atoms with E-state index >= 15 is 0 Å². The van der Waals surface area contributed by atoms with Gasteiger partial charge in [-0.15, -0.1) is 0 Å². The lowest BCUT2D eigenvalue weighted by Gasteiger charge is -2.32. The zero-order chi connectivity index (χ0) is 17.2. The van der Waals surface area contributed by atoms with E-state index in [9.17, 15) is 4.79 Å². The van der Waals surface area contributed by atoms with E-state index in [1.165, 1.54) is 0 Å². The monoisotopic (exact) mass is 384 g/mol. The van der Waals surface area contributed by atoms with Crippen molar-refractivity contribution in [3.05, 3.63) is 77.4 Å². The Balaban J connectivity index is 2.08. The van der Waals surface area contributed by atoms with Gasteiger partial charge < -0.3 is 4.74 Å². The van der Waals surface area contributed by atoms with Crippen LogP contribution in [0.1, 0.15) is 36.2 Å². The van der Waals surface area contributed by atoms with Crippen LogP contribution >= 0.6 is 15.9 Å². The zero-order valence-corrected chi connectivity index (χ0v) is 15.5. The highest BCUT2D eigenvalue weighted by Gasteiger charge is 2.45. The van der Waals surface area contributed by atoms with E-state index in [2.05, 4.69) is 29.8 Å². The lowest BCUT2D eigenvalue weighted by molar-refractivity contribution is 0.0383. The van der Waals surface area contributed by atoms with Crippen LogP contribution in [0, 0.1) is 5.92 Å². The smallest absolute Gasteiger partial charge is 0.192 e. The van der Waals surface area contributed by atoms with E-state index in [4.69, 9.17) is 4.74 Å². The molecule has 0 saturated heterocycles. The van der Waals surface area contributed by atoms with Crippen LogP contribution in [0.4, 0.5) is 0 Å². The van der Waals surface area contributed by atoms with E-state index in [1.807, 2.05) is 60.7 Å². The Kier molecular flexibility index (Phi) is 4.91. The van der Waals surface area contributed by atoms with E-state index in [0.717, 1.165) is 16.9 Å². The highest BCUT2D eigenvalue weighted by Crippen LogP contribution is 2.45. The van der Waals surface area contributed by atoms with Crippen molar-refractivity contribution in [1.29, 1.82) is 0 Å². The molecule has 0 N–H and O–H groups in total. The Bertz CT molecular complexity index is 750. The molecule has 0 radical (unpaired) electrons. The second kappa shape index (κ2) is 6.94. The summed E-state index contributed by atoms with van der Waals surface area (Å²) in [5.41, 5.74) is 2.05. The first kappa shape index (κ1) is 17.0. The molecule has 0 saturated carbocycles. The summed E-state index contributed by atoms with van der Waals surface area (Å²) in [7, 11) is 0. The topological polar surface area (TPSA) is 26.3 Å². The van der Waals surface area contributed by atoms with Crippen LogP contribution in [0.3, 0.4) is 0 Å². The van der Waals surface area contributed by atoms with Crippen LogP contribution in [-0.4, -0.2) is 16.7 Å². The molecule has 3 heteroatoms. The first-order valence-electron chi connectivity index (χ1n) is 8.21. The predicted octanol–water partition coefficient (Wildman–Crippen LogP) is 5.49. The van der Waals surface area contributed by atoms with Crippen LogP contribution in [0.5, 0.6) is 0 Å². The van der Waals surface area contributed by atoms with Gasteiger partial charge in [0.25, 0.3) is 0 Å². The number of hydrogen-bond acceptors (Lipinski definition) is 2. The molecule has 1 aliphatic rings. The summed E-state index contributed by atoms with van der Waals surface area (Å²) in [6.07, 6.45) is 0.619. The van der Waals surface area contributed by atoms with Gasteiger partial charge in [-0.3, -0.25) is 4.79 Å². The van der Waals surface area contributed by atoms with Gasteiger partial charge in [-0.1, -0.05) is 90.4 Å². The van der Waals surface area contributed by atoms with Crippen molar-refractivity contribution in [2.45, 2.75) is 25.9 Å². The number of hydrogen-bond donors (Lipinski definition) is 0. The van der Waals surface area contributed by atoms with Gasteiger partial charge in [-0.2, -0.15) is 0 Å². The predicted molar refractivity (Wildman–Crippen MR) is 101 cm³/mol. The molecule has 0 aliphatic carbocycles. The first-order chi connectivity index (χ1) is 11.6. The summed E-state index contributed by atoms with van der Waals surface area (Å²) in [6.45, 7) is 4.28. The van der Waals surface area contributed by atoms with Gasteiger partial charge in [0.05, 0.1) is 0 Å². The third-order valence-corrected chi connectivity index (χ3v) is 5.63. The third-order valence-electron chi connectivity index (χ3n) is 4.68. The molecule has 0 fully saturated rings. The molecule has 0 unspecified atom stereocenters. The van der Waals surface area contributed by atoms with Crippen LogP contribution in [-0.2, 0) is 4.74 Å². The van der Waals surface area contributed by atoms with Crippen LogP contribution < -0.4 is 0 Å². The second-order valence-electron chi connectivity index (χ2n) is 6.50. The molecular weight excluding hydrogens is 364 g/mol. The number of ketones is 1. The van der Waals surface area contributed by atoms with Crippen LogP contribution in [0.15, 0.2) is 66.2 Å². The maximum absolute atomic E-state index is 13.1. The summed E-state index contributed by atoms with van der Waals surface area (Å²) in [5.74, 6) is 1.06. The Hall–Kier alpha value is -1.87. The van der Waals surface area contributed by atoms with Gasteiger partial charge in [0.1, 0.15) is 11.4 Å². The zero-order valence-electron chi connectivity index (χ0n) is 14.0. The summed E-state index contributed by atoms with van der Waals surface area (Å²) in [4.78, 5) is 13.1. The Labute approximate surface area is 151 Å². The fourth-order valence-electron chi connectivity index (χ4n) is 3.00. The number of carbonyl (C=O) groups excluding carboxylic acids is 1. The van der Waals surface area contributed by atoms with Crippen LogP contribution in [0.2, 0.25) is 0 Å².